The molecule has 0 radical (unpaired) electrons. The molecular formula is C28H26Br2N6O7. The van der Waals surface area contributed by atoms with Gasteiger partial charge in [-0.25, -0.2) is 9.36 Å². The summed E-state index contributed by atoms with van der Waals surface area (Å²) in [6.45, 7) is 3.42. The third kappa shape index (κ3) is 7.17. The molecule has 1 saturated heterocycles. The molecule has 5 rings (SSSR count). The summed E-state index contributed by atoms with van der Waals surface area (Å²) in [6.07, 6.45) is -1.03. The number of carbonyl (C=O) groups excluding carboxylic acids is 3. The summed E-state index contributed by atoms with van der Waals surface area (Å²) in [5.41, 5.74) is 2.67. The quantitative estimate of drug-likeness (QED) is 0.190. The van der Waals surface area contributed by atoms with Crippen molar-refractivity contribution in [2.75, 3.05) is 6.61 Å². The molecule has 0 aliphatic carbocycles. The molecule has 0 spiro atoms. The molecule has 4 aromatic rings. The van der Waals surface area contributed by atoms with Crippen molar-refractivity contribution >= 4 is 49.8 Å². The molecule has 2 aromatic heterocycles. The van der Waals surface area contributed by atoms with E-state index < -0.39 is 48.5 Å². The summed E-state index contributed by atoms with van der Waals surface area (Å²) in [6, 6.07) is 14.0. The molecule has 0 amide bonds. The molecule has 15 heteroatoms. The van der Waals surface area contributed by atoms with Crippen LogP contribution in [0.3, 0.4) is 0 Å². The van der Waals surface area contributed by atoms with Gasteiger partial charge in [-0.15, -0.1) is 10.2 Å². The lowest BCUT2D eigenvalue weighted by Gasteiger charge is -2.44. The van der Waals surface area contributed by atoms with Crippen LogP contribution < -0.4 is 0 Å². The van der Waals surface area contributed by atoms with Gasteiger partial charge in [-0.3, -0.25) is 14.4 Å². The Morgan fingerprint density at radius 1 is 0.744 bits per heavy atom. The summed E-state index contributed by atoms with van der Waals surface area (Å²) in [5, 5.41) is 17.3. The summed E-state index contributed by atoms with van der Waals surface area (Å²) in [5.74, 6) is -1.86. The number of rotatable bonds is 8. The smallest absolute Gasteiger partial charge is 0.303 e. The van der Waals surface area contributed by atoms with Gasteiger partial charge in [0.05, 0.1) is 12.4 Å². The van der Waals surface area contributed by atoms with Crippen LogP contribution in [0.15, 0.2) is 69.9 Å². The Morgan fingerprint density at radius 2 is 1.23 bits per heavy atom. The zero-order chi connectivity index (χ0) is 30.7. The van der Waals surface area contributed by atoms with Gasteiger partial charge >= 0.3 is 17.9 Å². The number of esters is 3. The van der Waals surface area contributed by atoms with Crippen molar-refractivity contribution in [3.05, 3.63) is 69.9 Å². The second-order valence-electron chi connectivity index (χ2n) is 9.69. The minimum Gasteiger partial charge on any atom is -0.463 e. The fraction of sp³-hybridized carbons (Fsp3) is 0.321. The van der Waals surface area contributed by atoms with Gasteiger partial charge in [0.15, 0.2) is 18.4 Å². The van der Waals surface area contributed by atoms with Gasteiger partial charge in [-0.2, -0.15) is 0 Å². The molecule has 0 bridgehead atoms. The molecule has 0 saturated carbocycles. The highest BCUT2D eigenvalue weighted by molar-refractivity contribution is 9.10. The van der Waals surface area contributed by atoms with Crippen LogP contribution in [-0.4, -0.2) is 72.8 Å². The third-order valence-corrected chi connectivity index (χ3v) is 7.61. The zero-order valence-corrected chi connectivity index (χ0v) is 26.3. The van der Waals surface area contributed by atoms with Crippen LogP contribution in [0.5, 0.6) is 0 Å². The van der Waals surface area contributed by atoms with Gasteiger partial charge < -0.3 is 18.9 Å². The first-order valence-corrected chi connectivity index (χ1v) is 14.7. The van der Waals surface area contributed by atoms with Crippen LogP contribution >= 0.6 is 31.9 Å². The Hall–Kier alpha value is -3.95. The largest absolute Gasteiger partial charge is 0.463 e. The van der Waals surface area contributed by atoms with Crippen LogP contribution in [0.4, 0.5) is 0 Å². The van der Waals surface area contributed by atoms with E-state index in [2.05, 4.69) is 52.5 Å². The first-order valence-electron chi connectivity index (χ1n) is 13.1. The highest BCUT2D eigenvalue weighted by atomic mass is 79.9. The van der Waals surface area contributed by atoms with Crippen molar-refractivity contribution in [1.82, 2.24) is 30.0 Å². The predicted octanol–water partition coefficient (Wildman–Crippen LogP) is 4.29. The number of aromatic nitrogens is 6. The van der Waals surface area contributed by atoms with Gasteiger partial charge in [0, 0.05) is 40.8 Å². The van der Waals surface area contributed by atoms with E-state index in [1.165, 1.54) is 30.1 Å². The lowest BCUT2D eigenvalue weighted by molar-refractivity contribution is -0.248. The van der Waals surface area contributed by atoms with Crippen LogP contribution in [-0.2, 0) is 33.3 Å². The van der Waals surface area contributed by atoms with E-state index in [1.54, 1.807) is 12.4 Å². The molecule has 43 heavy (non-hydrogen) atoms. The molecule has 1 fully saturated rings. The van der Waals surface area contributed by atoms with E-state index in [4.69, 9.17) is 18.9 Å². The molecule has 13 nitrogen and oxygen atoms in total. The lowest BCUT2D eigenvalue weighted by atomic mass is 9.95. The second kappa shape index (κ2) is 13.1. The Balaban J connectivity index is 1.61. The van der Waals surface area contributed by atoms with E-state index in [0.717, 1.165) is 20.1 Å². The number of carbonyl (C=O) groups is 3. The van der Waals surface area contributed by atoms with Gasteiger partial charge in [-0.1, -0.05) is 66.6 Å². The number of halogens is 2. The molecule has 0 N–H and O–H groups in total. The molecular weight excluding hydrogens is 692 g/mol. The fourth-order valence-corrected chi connectivity index (χ4v) is 5.26. The molecule has 1 aliphatic heterocycles. The third-order valence-electron chi connectivity index (χ3n) is 6.55. The topological polar surface area (TPSA) is 150 Å². The first-order chi connectivity index (χ1) is 20.6. The SMILES string of the molecule is CC(=O)OC[C@H]1O[C@@H](n2cc(-c3ccc(Br)cc3)nn2)[C@H](n2cc(-c3ccc(Br)cc3)nn2)[C@@H](OC(C)=O)[C@@H]1OC(C)=O. The molecule has 2 aromatic carbocycles. The van der Waals surface area contributed by atoms with E-state index in [9.17, 15) is 14.4 Å². The van der Waals surface area contributed by atoms with E-state index >= 15 is 0 Å². The fourth-order valence-electron chi connectivity index (χ4n) is 4.73. The summed E-state index contributed by atoms with van der Waals surface area (Å²) >= 11 is 6.86. The number of ether oxygens (including phenoxy) is 4. The normalized spacial score (nSPS) is 21.7. The van der Waals surface area contributed by atoms with Crippen molar-refractivity contribution in [3.8, 4) is 22.5 Å². The van der Waals surface area contributed by atoms with Crippen molar-refractivity contribution in [2.45, 2.75) is 51.4 Å². The molecule has 5 atom stereocenters. The van der Waals surface area contributed by atoms with Crippen molar-refractivity contribution in [1.29, 1.82) is 0 Å². The maximum Gasteiger partial charge on any atom is 0.303 e. The predicted molar refractivity (Wildman–Crippen MR) is 157 cm³/mol. The van der Waals surface area contributed by atoms with Crippen LogP contribution in [0.2, 0.25) is 0 Å². The van der Waals surface area contributed by atoms with Gasteiger partial charge in [-0.05, 0) is 24.3 Å². The Bertz CT molecular complexity index is 1610. The maximum atomic E-state index is 12.4. The molecule has 1 aliphatic rings. The highest BCUT2D eigenvalue weighted by Crippen LogP contribution is 2.40. The lowest BCUT2D eigenvalue weighted by Crippen LogP contribution is -2.57. The molecule has 3 heterocycles. The average Bonchev–Trinajstić information content (AvgIpc) is 3.64. The van der Waals surface area contributed by atoms with Crippen molar-refractivity contribution in [3.63, 3.8) is 0 Å². The minimum atomic E-state index is -1.17. The number of nitrogens with zero attached hydrogens (tertiary/aromatic N) is 6. The Kier molecular flexibility index (Phi) is 9.32. The van der Waals surface area contributed by atoms with E-state index in [-0.39, 0.29) is 6.61 Å². The maximum absolute atomic E-state index is 12.4. The number of hydrogen-bond acceptors (Lipinski definition) is 11. The summed E-state index contributed by atoms with van der Waals surface area (Å²) in [4.78, 5) is 36.4. The van der Waals surface area contributed by atoms with Crippen LogP contribution in [0, 0.1) is 0 Å². The van der Waals surface area contributed by atoms with Crippen molar-refractivity contribution in [2.24, 2.45) is 0 Å². The number of hydrogen-bond donors (Lipinski definition) is 0. The monoisotopic (exact) mass is 716 g/mol. The molecule has 0 unspecified atom stereocenters. The molecule has 224 valence electrons. The van der Waals surface area contributed by atoms with Crippen LogP contribution in [0.25, 0.3) is 22.5 Å². The van der Waals surface area contributed by atoms with Gasteiger partial charge in [0.1, 0.15) is 30.1 Å². The Labute approximate surface area is 262 Å². The summed E-state index contributed by atoms with van der Waals surface area (Å²) < 4.78 is 27.8. The van der Waals surface area contributed by atoms with Gasteiger partial charge in [0.25, 0.3) is 0 Å². The first kappa shape index (κ1) is 30.5. The second-order valence-corrected chi connectivity index (χ2v) is 11.5. The van der Waals surface area contributed by atoms with Crippen molar-refractivity contribution < 1.29 is 33.3 Å². The summed E-state index contributed by atoms with van der Waals surface area (Å²) in [7, 11) is 0. The highest BCUT2D eigenvalue weighted by Gasteiger charge is 2.53. The zero-order valence-electron chi connectivity index (χ0n) is 23.2. The van der Waals surface area contributed by atoms with Crippen LogP contribution in [0.1, 0.15) is 33.0 Å². The standard InChI is InChI=1S/C28H26Br2N6O7/c1-15(37)40-14-24-26(41-16(2)38)27(42-17(3)39)25(35-12-22(31-33-35)18-4-8-20(29)9-5-18)28(43-24)36-13-23(32-34-36)19-6-10-21(30)11-7-19/h4-13,24-28H,14H2,1-3H3/t24-,25-,26-,27-,28-/m1/s1. The average molecular weight is 718 g/mol. The van der Waals surface area contributed by atoms with Gasteiger partial charge in [0.2, 0.25) is 0 Å². The number of benzene rings is 2. The Morgan fingerprint density at radius 3 is 1.74 bits per heavy atom. The van der Waals surface area contributed by atoms with E-state index in [0.29, 0.717) is 11.4 Å². The van der Waals surface area contributed by atoms with E-state index in [1.807, 2.05) is 48.5 Å². The minimum absolute atomic E-state index is 0.288.